The third-order valence-electron chi connectivity index (χ3n) is 3.60. The van der Waals surface area contributed by atoms with Crippen LogP contribution >= 0.6 is 0 Å². The molecule has 7 heteroatoms. The molecule has 186 valence electrons. The Morgan fingerprint density at radius 3 is 1.55 bits per heavy atom. The molecular formula is C24H53BN2O4. The summed E-state index contributed by atoms with van der Waals surface area (Å²) < 4.78 is 16.4. The SMILES string of the molecule is C/C=C(\C=N/NC)B1OC(C)(C)C(C)(C)O1.CC.CC.CC(C)(C)OC=O.CC(C)C. The van der Waals surface area contributed by atoms with Gasteiger partial charge in [-0.2, -0.15) is 5.10 Å². The minimum absolute atomic E-state index is 0.306. The molecule has 1 saturated heterocycles. The van der Waals surface area contributed by atoms with Gasteiger partial charge in [0.15, 0.2) is 0 Å². The summed E-state index contributed by atoms with van der Waals surface area (Å²) in [5, 5.41) is 3.98. The molecule has 31 heavy (non-hydrogen) atoms. The van der Waals surface area contributed by atoms with Crippen molar-refractivity contribution in [3.8, 4) is 0 Å². The molecule has 0 amide bonds. The second-order valence-electron chi connectivity index (χ2n) is 8.92. The van der Waals surface area contributed by atoms with Crippen LogP contribution in [0.15, 0.2) is 16.6 Å². The highest BCUT2D eigenvalue weighted by molar-refractivity contribution is 6.60. The summed E-state index contributed by atoms with van der Waals surface area (Å²) in [5.41, 5.74) is 2.71. The number of rotatable bonds is 4. The zero-order valence-corrected chi connectivity index (χ0v) is 23.5. The van der Waals surface area contributed by atoms with Crippen molar-refractivity contribution in [3.63, 3.8) is 0 Å². The molecule has 0 aromatic carbocycles. The van der Waals surface area contributed by atoms with E-state index in [0.29, 0.717) is 6.47 Å². The molecule has 1 fully saturated rings. The van der Waals surface area contributed by atoms with Crippen LogP contribution in [0.1, 0.15) is 104 Å². The van der Waals surface area contributed by atoms with Gasteiger partial charge in [-0.05, 0) is 66.8 Å². The van der Waals surface area contributed by atoms with Crippen molar-refractivity contribution in [3.05, 3.63) is 11.5 Å². The molecule has 0 radical (unpaired) electrons. The van der Waals surface area contributed by atoms with Crippen LogP contribution in [0.2, 0.25) is 0 Å². The topological polar surface area (TPSA) is 69.2 Å². The summed E-state index contributed by atoms with van der Waals surface area (Å²) >= 11 is 0. The Balaban J connectivity index is -0.000000202. The molecule has 0 aromatic heterocycles. The van der Waals surface area contributed by atoms with Gasteiger partial charge in [0.25, 0.3) is 6.47 Å². The van der Waals surface area contributed by atoms with Gasteiger partial charge in [-0.1, -0.05) is 54.5 Å². The fourth-order valence-electron chi connectivity index (χ4n) is 1.53. The van der Waals surface area contributed by atoms with Crippen LogP contribution in [0, 0.1) is 5.92 Å². The van der Waals surface area contributed by atoms with Crippen molar-refractivity contribution < 1.29 is 18.8 Å². The van der Waals surface area contributed by atoms with E-state index in [1.807, 2.05) is 89.2 Å². The van der Waals surface area contributed by atoms with Crippen LogP contribution in [-0.4, -0.2) is 43.7 Å². The van der Waals surface area contributed by atoms with Gasteiger partial charge in [-0.25, -0.2) is 0 Å². The maximum absolute atomic E-state index is 9.60. The fraction of sp³-hybridized carbons (Fsp3) is 0.833. The Bertz CT molecular complexity index is 464. The van der Waals surface area contributed by atoms with E-state index in [0.717, 1.165) is 11.4 Å². The average Bonchev–Trinajstić information content (AvgIpc) is 2.85. The Hall–Kier alpha value is -1.34. The van der Waals surface area contributed by atoms with Crippen molar-refractivity contribution in [1.29, 1.82) is 0 Å². The van der Waals surface area contributed by atoms with E-state index >= 15 is 0 Å². The van der Waals surface area contributed by atoms with Crippen molar-refractivity contribution in [2.45, 2.75) is 121 Å². The lowest BCUT2D eigenvalue weighted by molar-refractivity contribution is -0.138. The minimum atomic E-state index is -0.341. The second-order valence-corrected chi connectivity index (χ2v) is 8.92. The Labute approximate surface area is 194 Å². The lowest BCUT2D eigenvalue weighted by Crippen LogP contribution is -2.41. The summed E-state index contributed by atoms with van der Waals surface area (Å²) in [6.45, 7) is 30.5. The van der Waals surface area contributed by atoms with Crippen molar-refractivity contribution >= 4 is 19.8 Å². The molecule has 0 atom stereocenters. The average molecular weight is 445 g/mol. The molecule has 0 unspecified atom stereocenters. The summed E-state index contributed by atoms with van der Waals surface area (Å²) in [5.74, 6) is 0.833. The van der Waals surface area contributed by atoms with E-state index in [1.165, 1.54) is 0 Å². The first-order chi connectivity index (χ1) is 14.1. The first-order valence-corrected chi connectivity index (χ1v) is 11.5. The van der Waals surface area contributed by atoms with Crippen molar-refractivity contribution in [1.82, 2.24) is 5.43 Å². The van der Waals surface area contributed by atoms with Crippen LogP contribution in [0.4, 0.5) is 0 Å². The van der Waals surface area contributed by atoms with E-state index in [2.05, 4.69) is 36.0 Å². The summed E-state index contributed by atoms with van der Waals surface area (Å²) in [7, 11) is 1.42. The largest absolute Gasteiger partial charge is 0.496 e. The molecule has 1 aliphatic heterocycles. The van der Waals surface area contributed by atoms with Gasteiger partial charge in [-0.15, -0.1) is 0 Å². The minimum Gasteiger partial charge on any atom is -0.462 e. The first-order valence-electron chi connectivity index (χ1n) is 11.5. The highest BCUT2D eigenvalue weighted by atomic mass is 16.7. The van der Waals surface area contributed by atoms with E-state index in [4.69, 9.17) is 9.31 Å². The molecule has 0 aromatic rings. The van der Waals surface area contributed by atoms with Crippen LogP contribution in [0.3, 0.4) is 0 Å². The Morgan fingerprint density at radius 2 is 1.35 bits per heavy atom. The summed E-state index contributed by atoms with van der Waals surface area (Å²) in [6.07, 6.45) is 3.67. The van der Waals surface area contributed by atoms with Gasteiger partial charge in [0.2, 0.25) is 0 Å². The number of allylic oxidation sites excluding steroid dienone is 2. The number of carbonyl (C=O) groups excluding carboxylic acids is 1. The Morgan fingerprint density at radius 1 is 1.00 bits per heavy atom. The van der Waals surface area contributed by atoms with Crippen LogP contribution in [-0.2, 0) is 18.8 Å². The third-order valence-corrected chi connectivity index (χ3v) is 3.60. The van der Waals surface area contributed by atoms with E-state index < -0.39 is 0 Å². The summed E-state index contributed by atoms with van der Waals surface area (Å²) in [6, 6.07) is 0. The fourth-order valence-corrected chi connectivity index (χ4v) is 1.53. The predicted octanol–water partition coefficient (Wildman–Crippen LogP) is 6.44. The lowest BCUT2D eigenvalue weighted by Gasteiger charge is -2.32. The van der Waals surface area contributed by atoms with E-state index in [1.54, 1.807) is 13.3 Å². The van der Waals surface area contributed by atoms with Gasteiger partial charge in [0.05, 0.1) is 11.2 Å². The zero-order valence-electron chi connectivity index (χ0n) is 23.5. The number of nitrogens with one attached hydrogen (secondary N) is 1. The molecule has 1 aliphatic rings. The van der Waals surface area contributed by atoms with Gasteiger partial charge >= 0.3 is 7.12 Å². The van der Waals surface area contributed by atoms with Crippen molar-refractivity contribution in [2.24, 2.45) is 11.0 Å². The number of hydrazone groups is 1. The smallest absolute Gasteiger partial charge is 0.462 e. The number of hydrogen-bond donors (Lipinski definition) is 1. The highest BCUT2D eigenvalue weighted by Crippen LogP contribution is 2.38. The van der Waals surface area contributed by atoms with Gasteiger partial charge in [0, 0.05) is 13.3 Å². The number of ether oxygens (including phenoxy) is 1. The molecule has 0 spiro atoms. The molecule has 1 heterocycles. The van der Waals surface area contributed by atoms with Crippen LogP contribution in [0.5, 0.6) is 0 Å². The molecular weight excluding hydrogens is 391 g/mol. The van der Waals surface area contributed by atoms with Gasteiger partial charge in [-0.3, -0.25) is 4.79 Å². The maximum atomic E-state index is 9.60. The van der Waals surface area contributed by atoms with Crippen LogP contribution in [0.25, 0.3) is 0 Å². The maximum Gasteiger partial charge on any atom is 0.496 e. The van der Waals surface area contributed by atoms with Crippen LogP contribution < -0.4 is 5.43 Å². The standard InChI is InChI=1S/C11H21BN2O2.C5H10O2.C4H10.2C2H6/c1-7-9(8-14-13-6)12-15-10(2,3)11(4,5)16-12;1-5(2,3)7-4-6;1-4(2)3;2*1-2/h7-8,13H,1-6H3;4H,1-3H3;4H,1-3H3;2*1-2H3/b9-7+,14-8-;;;;. The highest BCUT2D eigenvalue weighted by Gasteiger charge is 2.52. The molecule has 0 aliphatic carbocycles. The predicted molar refractivity (Wildman–Crippen MR) is 138 cm³/mol. The van der Waals surface area contributed by atoms with Crippen molar-refractivity contribution in [2.75, 3.05) is 7.05 Å². The summed E-state index contributed by atoms with van der Waals surface area (Å²) in [4.78, 5) is 9.60. The quantitative estimate of drug-likeness (QED) is 0.234. The molecule has 1 N–H and O–H groups in total. The lowest BCUT2D eigenvalue weighted by atomic mass is 9.79. The third kappa shape index (κ3) is 20.3. The number of carbonyl (C=O) groups is 1. The molecule has 1 rings (SSSR count). The van der Waals surface area contributed by atoms with Gasteiger partial charge in [0.1, 0.15) is 5.60 Å². The number of hydrogen-bond acceptors (Lipinski definition) is 6. The molecule has 6 nitrogen and oxygen atoms in total. The number of nitrogens with zero attached hydrogens (tertiary/aromatic N) is 1. The zero-order chi connectivity index (χ0) is 25.9. The van der Waals surface area contributed by atoms with E-state index in [9.17, 15) is 4.79 Å². The normalized spacial score (nSPS) is 16.4. The molecule has 0 saturated carbocycles. The van der Waals surface area contributed by atoms with Gasteiger partial charge < -0.3 is 19.5 Å². The van der Waals surface area contributed by atoms with E-state index in [-0.39, 0.29) is 23.9 Å². The Kier molecular flexibility index (Phi) is 23.1. The first kappa shape index (κ1) is 37.0. The molecule has 0 bridgehead atoms. The monoisotopic (exact) mass is 444 g/mol. The second kappa shape index (κ2) is 19.4.